The number of carbonyl (C=O) groups excluding carboxylic acids is 3. The lowest BCUT2D eigenvalue weighted by Crippen LogP contribution is -2.54. The Balaban J connectivity index is 1.49. The number of hydrogen-bond acceptors (Lipinski definition) is 15. The second-order valence-electron chi connectivity index (χ2n) is 18.6. The van der Waals surface area contributed by atoms with Crippen molar-refractivity contribution in [3.63, 3.8) is 0 Å². The third-order valence-corrected chi connectivity index (χ3v) is 13.6. The molecule has 1 amide bonds. The molecule has 4 aliphatic rings. The first-order valence-corrected chi connectivity index (χ1v) is 22.8. The predicted molar refractivity (Wildman–Crippen MR) is 254 cm³/mol. The van der Waals surface area contributed by atoms with Gasteiger partial charge in [0.25, 0.3) is 11.7 Å². The van der Waals surface area contributed by atoms with E-state index in [0.717, 1.165) is 6.54 Å². The average molecular weight is 927 g/mol. The minimum Gasteiger partial charge on any atom is -0.507 e. The van der Waals surface area contributed by atoms with Crippen LogP contribution < -0.4 is 10.1 Å². The van der Waals surface area contributed by atoms with Crippen LogP contribution in [0.4, 0.5) is 5.69 Å². The summed E-state index contributed by atoms with van der Waals surface area (Å²) in [6.07, 6.45) is 4.88. The number of benzene rings is 3. The van der Waals surface area contributed by atoms with Gasteiger partial charge in [-0.1, -0.05) is 76.3 Å². The van der Waals surface area contributed by atoms with Crippen LogP contribution in [0.15, 0.2) is 71.6 Å². The van der Waals surface area contributed by atoms with Gasteiger partial charge in [-0.3, -0.25) is 24.3 Å². The summed E-state index contributed by atoms with van der Waals surface area (Å²) < 4.78 is 23.8. The molecule has 0 aliphatic carbocycles. The summed E-state index contributed by atoms with van der Waals surface area (Å²) in [6.45, 7) is 18.7. The molecule has 0 aromatic heterocycles. The van der Waals surface area contributed by atoms with Crippen LogP contribution in [0, 0.1) is 30.6 Å². The normalized spacial score (nSPS) is 31.8. The Morgan fingerprint density at radius 2 is 1.57 bits per heavy atom. The van der Waals surface area contributed by atoms with Crippen molar-refractivity contribution in [1.82, 2.24) is 9.91 Å². The van der Waals surface area contributed by atoms with E-state index in [-0.39, 0.29) is 56.6 Å². The molecular weight excluding hydrogens is 861 g/mol. The van der Waals surface area contributed by atoms with Crippen molar-refractivity contribution in [2.24, 2.45) is 28.8 Å². The zero-order valence-corrected chi connectivity index (χ0v) is 40.2. The molecule has 4 heterocycles. The number of ketones is 1. The van der Waals surface area contributed by atoms with Gasteiger partial charge in [-0.05, 0) is 39.3 Å². The molecule has 3 aromatic rings. The van der Waals surface area contributed by atoms with E-state index in [9.17, 15) is 39.9 Å². The maximum atomic E-state index is 14.6. The van der Waals surface area contributed by atoms with Gasteiger partial charge in [0, 0.05) is 80.8 Å². The summed E-state index contributed by atoms with van der Waals surface area (Å²) in [5.74, 6) is -8.46. The highest BCUT2D eigenvalue weighted by molar-refractivity contribution is 6.23. The first kappa shape index (κ1) is 50.5. The molecule has 0 radical (unpaired) electrons. The van der Waals surface area contributed by atoms with Gasteiger partial charge < -0.3 is 49.8 Å². The highest BCUT2D eigenvalue weighted by Gasteiger charge is 2.50. The van der Waals surface area contributed by atoms with Crippen molar-refractivity contribution in [3.05, 3.63) is 88.7 Å². The monoisotopic (exact) mass is 926 g/mol. The summed E-state index contributed by atoms with van der Waals surface area (Å²) in [4.78, 5) is 43.4. The first-order valence-electron chi connectivity index (χ1n) is 22.8. The molecule has 0 spiro atoms. The van der Waals surface area contributed by atoms with E-state index in [2.05, 4.69) is 22.3 Å². The van der Waals surface area contributed by atoms with Crippen LogP contribution in [-0.4, -0.2) is 122 Å². The Morgan fingerprint density at radius 3 is 2.19 bits per heavy atom. The number of amides is 1. The molecule has 5 bridgehead atoms. The van der Waals surface area contributed by atoms with E-state index in [0.29, 0.717) is 13.1 Å². The molecule has 11 atom stereocenters. The van der Waals surface area contributed by atoms with Gasteiger partial charge in [-0.15, -0.1) is 0 Å². The molecule has 1 saturated heterocycles. The highest BCUT2D eigenvalue weighted by atomic mass is 16.7. The number of aliphatic hydroxyl groups is 2. The van der Waals surface area contributed by atoms with Crippen LogP contribution in [0.5, 0.6) is 23.0 Å². The van der Waals surface area contributed by atoms with Crippen LogP contribution in [0.2, 0.25) is 0 Å². The molecule has 16 nitrogen and oxygen atoms in total. The van der Waals surface area contributed by atoms with Crippen molar-refractivity contribution < 1.29 is 58.9 Å². The number of Topliss-reactive ketones (excluding diaryl/α,β-unsaturated/α-hetero) is 1. The van der Waals surface area contributed by atoms with E-state index in [1.807, 2.05) is 37.1 Å². The van der Waals surface area contributed by atoms with Crippen LogP contribution in [0.1, 0.15) is 89.4 Å². The first-order chi connectivity index (χ1) is 31.6. The number of ether oxygens (including phenoxy) is 4. The van der Waals surface area contributed by atoms with E-state index >= 15 is 0 Å². The van der Waals surface area contributed by atoms with Crippen LogP contribution in [0.3, 0.4) is 0 Å². The zero-order chi connectivity index (χ0) is 49.2. The standard InChI is InChI=1S/C51H66N4O12/c1-26-16-15-17-27(2)50(63)53-41-36(22-52-55-28(3)23-54(24-29(55)4)25-35-18-13-12-14-19-35)45(60)38-39(46(41)61)44(59)33(8)48-40(38)49(62)51(10,67-48)65-21-20-37(64-11)30(5)47(66-34(9)56)32(7)43(58)31(6)42(26)57/h12-22,26,28-32,37,42-43,47,57-61H,23-25H2,1-11H3,(H,53,63)/b16-15-,21-20-,27-17+,52-22+/t26-,28?,29?,30+,31+,32+,37-,42-,43+,47+,51-/m0/s1. The van der Waals surface area contributed by atoms with Crippen molar-refractivity contribution in [2.75, 3.05) is 25.5 Å². The van der Waals surface area contributed by atoms with Crippen LogP contribution in [-0.2, 0) is 30.3 Å². The van der Waals surface area contributed by atoms with Gasteiger partial charge >= 0.3 is 11.8 Å². The van der Waals surface area contributed by atoms with Gasteiger partial charge in [0.15, 0.2) is 5.75 Å². The van der Waals surface area contributed by atoms with Crippen LogP contribution >= 0.6 is 0 Å². The molecule has 362 valence electrons. The predicted octanol–water partition coefficient (Wildman–Crippen LogP) is 6.68. The number of fused-ring (bicyclic) bond motifs is 14. The van der Waals surface area contributed by atoms with E-state index in [4.69, 9.17) is 24.0 Å². The molecule has 6 N–H and O–H groups in total. The van der Waals surface area contributed by atoms with Gasteiger partial charge in [-0.25, -0.2) is 0 Å². The second kappa shape index (κ2) is 20.5. The van der Waals surface area contributed by atoms with E-state index in [1.165, 1.54) is 65.0 Å². The highest BCUT2D eigenvalue weighted by Crippen LogP contribution is 2.55. The average Bonchev–Trinajstić information content (AvgIpc) is 3.55. The Morgan fingerprint density at radius 1 is 0.910 bits per heavy atom. The Kier molecular flexibility index (Phi) is 15.5. The number of phenolic OH excluding ortho intramolecular Hbond substituents is 3. The topological polar surface area (TPSA) is 220 Å². The fourth-order valence-electron chi connectivity index (χ4n) is 9.62. The minimum atomic E-state index is -2.07. The molecule has 67 heavy (non-hydrogen) atoms. The second-order valence-corrected chi connectivity index (χ2v) is 18.6. The summed E-state index contributed by atoms with van der Waals surface area (Å²) in [7, 11) is 1.44. The van der Waals surface area contributed by atoms with E-state index < -0.39 is 88.8 Å². The molecule has 2 unspecified atom stereocenters. The molecule has 0 saturated carbocycles. The summed E-state index contributed by atoms with van der Waals surface area (Å²) in [5.41, 5.74) is 0.785. The number of phenols is 3. The molecule has 16 heteroatoms. The molecule has 1 fully saturated rings. The fourth-order valence-corrected chi connectivity index (χ4v) is 9.62. The van der Waals surface area contributed by atoms with Crippen molar-refractivity contribution in [2.45, 2.75) is 118 Å². The number of allylic oxidation sites excluding steroid dienone is 2. The van der Waals surface area contributed by atoms with Crippen LogP contribution in [0.25, 0.3) is 10.8 Å². The number of nitrogens with zero attached hydrogens (tertiary/aromatic N) is 3. The number of hydrogen-bond donors (Lipinski definition) is 6. The number of aromatic hydroxyl groups is 3. The third kappa shape index (κ3) is 10.2. The fraction of sp³-hybridized carbons (Fsp3) is 0.490. The lowest BCUT2D eigenvalue weighted by molar-refractivity contribution is -0.160. The summed E-state index contributed by atoms with van der Waals surface area (Å²) >= 11 is 0. The quantitative estimate of drug-likeness (QED) is 0.0658. The largest absolute Gasteiger partial charge is 0.507 e. The minimum absolute atomic E-state index is 0.0500. The number of hydrazone groups is 1. The molecule has 4 aliphatic heterocycles. The summed E-state index contributed by atoms with van der Waals surface area (Å²) in [5, 5.41) is 68.1. The van der Waals surface area contributed by atoms with Gasteiger partial charge in [-0.2, -0.15) is 5.10 Å². The molecule has 7 rings (SSSR count). The number of anilines is 1. The number of methoxy groups -OCH3 is 1. The maximum Gasteiger partial charge on any atom is 0.312 e. The number of piperazine rings is 1. The Hall–Kier alpha value is -5.94. The van der Waals surface area contributed by atoms with Crippen molar-refractivity contribution >= 4 is 40.3 Å². The third-order valence-electron chi connectivity index (χ3n) is 13.6. The Bertz CT molecular complexity index is 2460. The number of aliphatic hydroxyl groups excluding tert-OH is 2. The lowest BCUT2D eigenvalue weighted by Gasteiger charge is -2.42. The Labute approximate surface area is 392 Å². The number of nitrogens with one attached hydrogen (secondary N) is 1. The lowest BCUT2D eigenvalue weighted by atomic mass is 9.78. The molecule has 3 aromatic carbocycles. The van der Waals surface area contributed by atoms with Gasteiger partial charge in [0.1, 0.15) is 23.4 Å². The zero-order valence-electron chi connectivity index (χ0n) is 40.2. The van der Waals surface area contributed by atoms with Gasteiger partial charge in [0.2, 0.25) is 0 Å². The number of esters is 1. The maximum absolute atomic E-state index is 14.6. The molecular formula is C51H66N4O12. The SMILES string of the molecule is CO[C@H]1/C=C\O[C@@]2(C)Oc3c(C)c(O)c4c(O)c(c(/C=N/N5C(C)CN(Cc6ccccc6)CC5C)c(O)c4c3C2=O)NC(=O)/C(C)=C/C=C\[C@H](C)[C@H](O)[C@@H](C)[C@@H](O)[C@@H](C)[C@H](OC(C)=O)[C@@H]1C. The van der Waals surface area contributed by atoms with Gasteiger partial charge in [0.05, 0.1) is 65.1 Å². The number of carbonyl (C=O) groups is 3. The number of rotatable bonds is 6. The van der Waals surface area contributed by atoms with E-state index in [1.54, 1.807) is 39.8 Å². The van der Waals surface area contributed by atoms with Crippen molar-refractivity contribution in [1.29, 1.82) is 0 Å². The summed E-state index contributed by atoms with van der Waals surface area (Å²) in [6, 6.07) is 9.93. The smallest absolute Gasteiger partial charge is 0.312 e. The van der Waals surface area contributed by atoms with Crippen molar-refractivity contribution in [3.8, 4) is 23.0 Å².